The first-order valence-electron chi connectivity index (χ1n) is 10.4. The highest BCUT2D eigenvalue weighted by molar-refractivity contribution is 7.91. The number of nitrogen functional groups attached to an aromatic ring is 1. The molecule has 12 nitrogen and oxygen atoms in total. The number of aliphatic hydroxyl groups excluding tert-OH is 1. The van der Waals surface area contributed by atoms with E-state index in [1.807, 2.05) is 6.07 Å². The number of sulfone groups is 1. The molecule has 3 rings (SSSR count). The summed E-state index contributed by atoms with van der Waals surface area (Å²) in [5, 5.41) is 24.1. The lowest BCUT2D eigenvalue weighted by Crippen LogP contribution is -2.32. The molecule has 1 fully saturated rings. The Kier molecular flexibility index (Phi) is 8.61. The minimum absolute atomic E-state index is 0.0794. The summed E-state index contributed by atoms with van der Waals surface area (Å²) in [4.78, 5) is 8.79. The molecule has 33 heavy (non-hydrogen) atoms. The molecule has 0 bridgehead atoms. The second-order valence-corrected chi connectivity index (χ2v) is 9.60. The van der Waals surface area contributed by atoms with E-state index in [9.17, 15) is 8.42 Å². The van der Waals surface area contributed by atoms with Crippen LogP contribution in [0, 0.1) is 11.3 Å². The number of nitrogens with zero attached hydrogens (tertiary/aromatic N) is 3. The van der Waals surface area contributed by atoms with Crippen molar-refractivity contribution < 1.29 is 23.0 Å². The van der Waals surface area contributed by atoms with Gasteiger partial charge in [-0.2, -0.15) is 5.26 Å². The van der Waals surface area contributed by atoms with Gasteiger partial charge < -0.3 is 30.6 Å². The summed E-state index contributed by atoms with van der Waals surface area (Å²) in [7, 11) is -3.01. The highest BCUT2D eigenvalue weighted by atomic mass is 32.2. The van der Waals surface area contributed by atoms with Crippen LogP contribution >= 0.6 is 0 Å². The van der Waals surface area contributed by atoms with Crippen LogP contribution in [0.15, 0.2) is 24.4 Å². The van der Waals surface area contributed by atoms with Gasteiger partial charge in [-0.15, -0.1) is 0 Å². The van der Waals surface area contributed by atoms with Crippen LogP contribution in [-0.4, -0.2) is 67.5 Å². The van der Waals surface area contributed by atoms with E-state index in [1.54, 1.807) is 18.2 Å². The molecule has 1 saturated heterocycles. The number of anilines is 4. The molecule has 1 aliphatic rings. The zero-order valence-electron chi connectivity index (χ0n) is 18.0. The fourth-order valence-corrected chi connectivity index (χ4v) is 4.67. The zero-order valence-corrected chi connectivity index (χ0v) is 18.8. The van der Waals surface area contributed by atoms with Gasteiger partial charge in [0.15, 0.2) is 17.4 Å². The van der Waals surface area contributed by atoms with E-state index in [0.717, 1.165) is 0 Å². The fraction of sp³-hybridized carbons (Fsp3) is 0.450. The van der Waals surface area contributed by atoms with Crippen molar-refractivity contribution >= 4 is 33.0 Å². The Balaban J connectivity index is 1.83. The quantitative estimate of drug-likeness (QED) is 0.174. The molecule has 0 radical (unpaired) electrons. The number of aliphatic hydroxyl groups is 1. The van der Waals surface area contributed by atoms with Crippen LogP contribution in [0.5, 0.6) is 5.75 Å². The van der Waals surface area contributed by atoms with Crippen molar-refractivity contribution in [3.8, 4) is 11.8 Å². The Morgan fingerprint density at radius 3 is 2.64 bits per heavy atom. The predicted octanol–water partition coefficient (Wildman–Crippen LogP) is 0.754. The fourth-order valence-electron chi connectivity index (χ4n) is 3.17. The van der Waals surface area contributed by atoms with Gasteiger partial charge in [0.2, 0.25) is 0 Å². The highest BCUT2D eigenvalue weighted by Gasteiger charge is 2.25. The van der Waals surface area contributed by atoms with Crippen LogP contribution < -0.4 is 26.6 Å². The molecule has 1 aliphatic heterocycles. The second kappa shape index (κ2) is 11.6. The van der Waals surface area contributed by atoms with E-state index in [2.05, 4.69) is 26.0 Å². The third kappa shape index (κ3) is 7.16. The van der Waals surface area contributed by atoms with E-state index in [1.165, 1.54) is 6.20 Å². The van der Waals surface area contributed by atoms with Crippen LogP contribution in [0.3, 0.4) is 0 Å². The van der Waals surface area contributed by atoms with Crippen LogP contribution in [0.25, 0.3) is 0 Å². The molecule has 13 heteroatoms. The van der Waals surface area contributed by atoms with Gasteiger partial charge in [-0.1, -0.05) is 0 Å². The SMILES string of the molecule is N#Cc1ccc(Nc2nc(NC3CCS(=O)(=O)CC3)c(OCCOCCO)cc2NN)nc1. The van der Waals surface area contributed by atoms with Gasteiger partial charge in [0.25, 0.3) is 0 Å². The van der Waals surface area contributed by atoms with Crippen molar-refractivity contribution in [2.24, 2.45) is 5.84 Å². The molecule has 0 atom stereocenters. The Morgan fingerprint density at radius 2 is 2.00 bits per heavy atom. The van der Waals surface area contributed by atoms with Crippen molar-refractivity contribution in [2.45, 2.75) is 18.9 Å². The van der Waals surface area contributed by atoms with E-state index in [0.29, 0.717) is 47.3 Å². The topological polar surface area (TPSA) is 185 Å². The van der Waals surface area contributed by atoms with Gasteiger partial charge in [0.05, 0.1) is 42.6 Å². The van der Waals surface area contributed by atoms with Gasteiger partial charge in [0, 0.05) is 18.3 Å². The van der Waals surface area contributed by atoms with E-state index in [-0.39, 0.29) is 44.0 Å². The first-order chi connectivity index (χ1) is 15.9. The molecule has 0 aliphatic carbocycles. The van der Waals surface area contributed by atoms with Gasteiger partial charge >= 0.3 is 0 Å². The van der Waals surface area contributed by atoms with Gasteiger partial charge in [-0.25, -0.2) is 18.4 Å². The lowest BCUT2D eigenvalue weighted by Gasteiger charge is -2.25. The predicted molar refractivity (Wildman–Crippen MR) is 123 cm³/mol. The summed E-state index contributed by atoms with van der Waals surface area (Å²) in [5.74, 6) is 7.55. The molecular weight excluding hydrogens is 450 g/mol. The standard InChI is InChI=1S/C20H27N7O5S/c21-12-14-1-2-18(23-13-14)25-19-16(27-22)11-17(32-8-7-31-6-5-28)20(26-19)24-15-3-9-33(29,30)10-4-15/h1-2,11,13,15,27-28H,3-10,22H2,(H2,23,24,25,26). The lowest BCUT2D eigenvalue weighted by molar-refractivity contribution is 0.0706. The van der Waals surface area contributed by atoms with Gasteiger partial charge in [-0.05, 0) is 25.0 Å². The number of hydrazine groups is 1. The molecule has 2 aromatic heterocycles. The number of nitriles is 1. The minimum Gasteiger partial charge on any atom is -0.487 e. The van der Waals surface area contributed by atoms with Crippen molar-refractivity contribution in [1.29, 1.82) is 5.26 Å². The maximum absolute atomic E-state index is 11.8. The molecule has 2 aromatic rings. The minimum atomic E-state index is -3.01. The normalized spacial score (nSPS) is 15.4. The Labute approximate surface area is 192 Å². The summed E-state index contributed by atoms with van der Waals surface area (Å²) in [5.41, 5.74) is 3.43. The summed E-state index contributed by atoms with van der Waals surface area (Å²) < 4.78 is 34.6. The van der Waals surface area contributed by atoms with E-state index in [4.69, 9.17) is 25.7 Å². The highest BCUT2D eigenvalue weighted by Crippen LogP contribution is 2.34. The number of nitrogens with one attached hydrogen (secondary N) is 3. The Bertz CT molecular complexity index is 1060. The molecular formula is C20H27N7O5S. The molecule has 3 heterocycles. The summed E-state index contributed by atoms with van der Waals surface area (Å²) in [6.07, 6.45) is 2.35. The molecule has 0 saturated carbocycles. The number of hydrogen-bond acceptors (Lipinski definition) is 12. The smallest absolute Gasteiger partial charge is 0.171 e. The first-order valence-corrected chi connectivity index (χ1v) is 12.2. The van der Waals surface area contributed by atoms with Crippen molar-refractivity contribution in [2.75, 3.05) is 54.0 Å². The number of pyridine rings is 2. The van der Waals surface area contributed by atoms with Crippen LogP contribution in [0.1, 0.15) is 18.4 Å². The van der Waals surface area contributed by atoms with Crippen molar-refractivity contribution in [1.82, 2.24) is 9.97 Å². The maximum Gasteiger partial charge on any atom is 0.171 e. The number of rotatable bonds is 11. The van der Waals surface area contributed by atoms with E-state index >= 15 is 0 Å². The van der Waals surface area contributed by atoms with Crippen molar-refractivity contribution in [3.05, 3.63) is 30.0 Å². The molecule has 0 unspecified atom stereocenters. The number of aromatic nitrogens is 2. The summed E-state index contributed by atoms with van der Waals surface area (Å²) >= 11 is 0. The third-order valence-corrected chi connectivity index (χ3v) is 6.61. The van der Waals surface area contributed by atoms with Gasteiger partial charge in [0.1, 0.15) is 28.3 Å². The monoisotopic (exact) mass is 477 g/mol. The van der Waals surface area contributed by atoms with Crippen LogP contribution in [-0.2, 0) is 14.6 Å². The first kappa shape index (κ1) is 24.5. The molecule has 0 amide bonds. The summed E-state index contributed by atoms with van der Waals surface area (Å²) in [6, 6.07) is 6.84. The second-order valence-electron chi connectivity index (χ2n) is 7.30. The van der Waals surface area contributed by atoms with Gasteiger partial charge in [-0.3, -0.25) is 5.84 Å². The lowest BCUT2D eigenvalue weighted by atomic mass is 10.1. The zero-order chi connectivity index (χ0) is 23.7. The Hall–Kier alpha value is -3.18. The number of ether oxygens (including phenoxy) is 2. The van der Waals surface area contributed by atoms with Crippen LogP contribution in [0.2, 0.25) is 0 Å². The maximum atomic E-state index is 11.8. The summed E-state index contributed by atoms with van der Waals surface area (Å²) in [6.45, 7) is 0.606. The van der Waals surface area contributed by atoms with Crippen molar-refractivity contribution in [3.63, 3.8) is 0 Å². The third-order valence-electron chi connectivity index (χ3n) is 4.90. The van der Waals surface area contributed by atoms with E-state index < -0.39 is 9.84 Å². The average Bonchev–Trinajstić information content (AvgIpc) is 2.82. The molecule has 6 N–H and O–H groups in total. The average molecular weight is 478 g/mol. The largest absolute Gasteiger partial charge is 0.487 e. The number of nitrogens with two attached hydrogens (primary N) is 1. The molecule has 0 spiro atoms. The van der Waals surface area contributed by atoms with Crippen LogP contribution in [0.4, 0.5) is 23.1 Å². The number of hydrogen-bond donors (Lipinski definition) is 5. The Morgan fingerprint density at radius 1 is 1.21 bits per heavy atom. The molecule has 178 valence electrons. The molecule has 0 aromatic carbocycles.